The van der Waals surface area contributed by atoms with Crippen LogP contribution in [-0.4, -0.2) is 40.6 Å². The first-order valence-electron chi connectivity index (χ1n) is 7.45. The van der Waals surface area contributed by atoms with Crippen molar-refractivity contribution in [1.82, 2.24) is 4.90 Å². The van der Waals surface area contributed by atoms with E-state index in [9.17, 15) is 9.59 Å². The molecule has 0 saturated carbocycles. The Kier molecular flexibility index (Phi) is 6.86. The Bertz CT molecular complexity index is 346. The molecule has 1 aliphatic rings. The quantitative estimate of drug-likeness (QED) is 0.708. The Hall–Kier alpha value is -0.710. The second-order valence-electron chi connectivity index (χ2n) is 6.01. The number of hydrogen-bond donors (Lipinski definition) is 0. The summed E-state index contributed by atoms with van der Waals surface area (Å²) in [5.41, 5.74) is 0. The van der Waals surface area contributed by atoms with E-state index >= 15 is 0 Å². The first-order chi connectivity index (χ1) is 9.36. The summed E-state index contributed by atoms with van der Waals surface area (Å²) in [6.07, 6.45) is 1.56. The lowest BCUT2D eigenvalue weighted by Gasteiger charge is -2.26. The molecule has 4 nitrogen and oxygen atoms in total. The summed E-state index contributed by atoms with van der Waals surface area (Å²) in [6.45, 7) is 10.0. The van der Waals surface area contributed by atoms with Crippen LogP contribution in [0.4, 0.5) is 0 Å². The van der Waals surface area contributed by atoms with E-state index < -0.39 is 6.04 Å². The normalized spacial score (nSPS) is 21.9. The number of amides is 1. The molecule has 3 unspecified atom stereocenters. The summed E-state index contributed by atoms with van der Waals surface area (Å²) in [5, 5.41) is 0. The van der Waals surface area contributed by atoms with Gasteiger partial charge in [-0.3, -0.25) is 4.79 Å². The van der Waals surface area contributed by atoms with Crippen LogP contribution in [0.2, 0.25) is 0 Å². The molecule has 1 fully saturated rings. The van der Waals surface area contributed by atoms with E-state index in [1.165, 1.54) is 0 Å². The summed E-state index contributed by atoms with van der Waals surface area (Å²) < 4.78 is 5.49. The summed E-state index contributed by atoms with van der Waals surface area (Å²) in [7, 11) is 0. The fourth-order valence-corrected chi connectivity index (χ4v) is 3.45. The van der Waals surface area contributed by atoms with Crippen molar-refractivity contribution in [3.63, 3.8) is 0 Å². The molecule has 0 aromatic heterocycles. The number of esters is 1. The van der Waals surface area contributed by atoms with E-state index in [2.05, 4.69) is 13.8 Å². The minimum atomic E-state index is -0.406. The van der Waals surface area contributed by atoms with E-state index in [0.29, 0.717) is 17.5 Å². The smallest absolute Gasteiger partial charge is 0.330 e. The second-order valence-corrected chi connectivity index (χ2v) is 7.01. The molecule has 0 spiro atoms. The molecule has 0 radical (unpaired) electrons. The van der Waals surface area contributed by atoms with Crippen LogP contribution in [0, 0.1) is 11.8 Å². The van der Waals surface area contributed by atoms with Crippen LogP contribution in [0.5, 0.6) is 0 Å². The van der Waals surface area contributed by atoms with Gasteiger partial charge in [-0.25, -0.2) is 4.79 Å². The number of hydrogen-bond acceptors (Lipinski definition) is 4. The summed E-state index contributed by atoms with van der Waals surface area (Å²) in [6, 6.07) is -0.406. The molecule has 116 valence electrons. The molecule has 20 heavy (non-hydrogen) atoms. The zero-order valence-corrected chi connectivity index (χ0v) is 14.0. The van der Waals surface area contributed by atoms with E-state index in [0.717, 1.165) is 12.8 Å². The van der Waals surface area contributed by atoms with Crippen LogP contribution < -0.4 is 0 Å². The van der Waals surface area contributed by atoms with Crippen molar-refractivity contribution < 1.29 is 14.3 Å². The topological polar surface area (TPSA) is 46.6 Å². The average Bonchev–Trinajstić information content (AvgIpc) is 2.84. The number of carbonyl (C=O) groups is 2. The zero-order chi connectivity index (χ0) is 15.3. The molecule has 0 aromatic carbocycles. The van der Waals surface area contributed by atoms with Gasteiger partial charge in [0.1, 0.15) is 6.04 Å². The van der Waals surface area contributed by atoms with Crippen LogP contribution in [0.3, 0.4) is 0 Å². The van der Waals surface area contributed by atoms with Gasteiger partial charge in [0.05, 0.1) is 12.0 Å². The number of nitrogens with zero attached hydrogens (tertiary/aromatic N) is 1. The molecule has 1 rings (SSSR count). The van der Waals surface area contributed by atoms with Crippen molar-refractivity contribution in [2.75, 3.05) is 11.6 Å². The van der Waals surface area contributed by atoms with Gasteiger partial charge < -0.3 is 9.64 Å². The molecule has 1 aliphatic heterocycles. The molecular formula is C15H27NO3S. The lowest BCUT2D eigenvalue weighted by atomic mass is 10.1. The molecule has 0 bridgehead atoms. The van der Waals surface area contributed by atoms with Crippen LogP contribution in [-0.2, 0) is 14.3 Å². The Morgan fingerprint density at radius 3 is 2.50 bits per heavy atom. The van der Waals surface area contributed by atoms with Crippen molar-refractivity contribution in [3.8, 4) is 0 Å². The Balaban J connectivity index is 2.60. The third kappa shape index (κ3) is 4.69. The Labute approximate surface area is 126 Å². The lowest BCUT2D eigenvalue weighted by Crippen LogP contribution is -2.45. The zero-order valence-electron chi connectivity index (χ0n) is 13.2. The van der Waals surface area contributed by atoms with Gasteiger partial charge >= 0.3 is 5.97 Å². The fraction of sp³-hybridized carbons (Fsp3) is 0.867. The highest BCUT2D eigenvalue weighted by Gasteiger charge is 2.37. The van der Waals surface area contributed by atoms with Gasteiger partial charge in [-0.15, -0.1) is 11.8 Å². The van der Waals surface area contributed by atoms with Gasteiger partial charge in [-0.1, -0.05) is 27.7 Å². The molecule has 1 heterocycles. The minimum absolute atomic E-state index is 0.0305. The van der Waals surface area contributed by atoms with E-state index in [1.54, 1.807) is 16.7 Å². The maximum absolute atomic E-state index is 12.3. The maximum Gasteiger partial charge on any atom is 0.330 e. The van der Waals surface area contributed by atoms with E-state index in [1.807, 2.05) is 20.8 Å². The number of rotatable bonds is 6. The Morgan fingerprint density at radius 1 is 1.30 bits per heavy atom. The minimum Gasteiger partial charge on any atom is -0.461 e. The van der Waals surface area contributed by atoms with Gasteiger partial charge in [-0.05, 0) is 25.7 Å². The molecule has 0 N–H and O–H groups in total. The first-order valence-corrected chi connectivity index (χ1v) is 8.61. The number of carbonyl (C=O) groups excluding carboxylic acids is 2. The summed E-state index contributed by atoms with van der Waals surface area (Å²) >= 11 is 1.62. The van der Waals surface area contributed by atoms with Crippen molar-refractivity contribution in [2.45, 2.75) is 59.6 Å². The average molecular weight is 301 g/mol. The van der Waals surface area contributed by atoms with Crippen LogP contribution in [0.1, 0.15) is 47.5 Å². The van der Waals surface area contributed by atoms with Crippen LogP contribution in [0.15, 0.2) is 0 Å². The summed E-state index contributed by atoms with van der Waals surface area (Å²) in [5.74, 6) is 1.53. The molecule has 1 amide bonds. The van der Waals surface area contributed by atoms with Crippen molar-refractivity contribution >= 4 is 23.6 Å². The second kappa shape index (κ2) is 7.91. The lowest BCUT2D eigenvalue weighted by molar-refractivity contribution is -0.158. The first kappa shape index (κ1) is 17.3. The highest BCUT2D eigenvalue weighted by molar-refractivity contribution is 7.99. The SMILES string of the molecule is CCC(C)C(=O)N1CSCC1C(=O)OC(C)CC(C)C. The van der Waals surface area contributed by atoms with Gasteiger partial charge in [0.25, 0.3) is 0 Å². The fourth-order valence-electron chi connectivity index (χ4n) is 2.30. The van der Waals surface area contributed by atoms with Gasteiger partial charge in [0.15, 0.2) is 0 Å². The highest BCUT2D eigenvalue weighted by atomic mass is 32.2. The summed E-state index contributed by atoms with van der Waals surface area (Å²) in [4.78, 5) is 26.2. The van der Waals surface area contributed by atoms with E-state index in [4.69, 9.17) is 4.74 Å². The monoisotopic (exact) mass is 301 g/mol. The van der Waals surface area contributed by atoms with Gasteiger partial charge in [-0.2, -0.15) is 0 Å². The standard InChI is InChI=1S/C15H27NO3S/c1-6-11(4)14(17)16-9-20-8-13(16)15(18)19-12(5)7-10(2)3/h10-13H,6-9H2,1-5H3. The maximum atomic E-state index is 12.3. The van der Waals surface area contributed by atoms with Gasteiger partial charge in [0.2, 0.25) is 5.91 Å². The van der Waals surface area contributed by atoms with Crippen LogP contribution >= 0.6 is 11.8 Å². The third-order valence-corrected chi connectivity index (χ3v) is 4.60. The third-order valence-electron chi connectivity index (χ3n) is 3.59. The molecule has 5 heteroatoms. The van der Waals surface area contributed by atoms with Crippen molar-refractivity contribution in [3.05, 3.63) is 0 Å². The van der Waals surface area contributed by atoms with Gasteiger partial charge in [0, 0.05) is 11.7 Å². The molecular weight excluding hydrogens is 274 g/mol. The number of ether oxygens (including phenoxy) is 1. The molecule has 0 aliphatic carbocycles. The van der Waals surface area contributed by atoms with Crippen LogP contribution in [0.25, 0.3) is 0 Å². The number of thioether (sulfide) groups is 1. The van der Waals surface area contributed by atoms with Crippen molar-refractivity contribution in [2.24, 2.45) is 11.8 Å². The molecule has 3 atom stereocenters. The predicted molar refractivity (Wildman–Crippen MR) is 82.4 cm³/mol. The predicted octanol–water partition coefficient (Wildman–Crippen LogP) is 2.91. The highest BCUT2D eigenvalue weighted by Crippen LogP contribution is 2.25. The Morgan fingerprint density at radius 2 is 1.95 bits per heavy atom. The molecule has 1 saturated heterocycles. The van der Waals surface area contributed by atoms with Crippen molar-refractivity contribution in [1.29, 1.82) is 0 Å². The van der Waals surface area contributed by atoms with E-state index in [-0.39, 0.29) is 23.9 Å². The largest absolute Gasteiger partial charge is 0.461 e. The molecule has 0 aromatic rings.